The van der Waals surface area contributed by atoms with Crippen molar-refractivity contribution in [3.8, 4) is 0 Å². The van der Waals surface area contributed by atoms with E-state index in [-0.39, 0.29) is 5.91 Å². The van der Waals surface area contributed by atoms with Gasteiger partial charge in [0.1, 0.15) is 5.01 Å². The highest BCUT2D eigenvalue weighted by atomic mass is 32.1. The number of carbonyl (C=O) groups is 1. The lowest BCUT2D eigenvalue weighted by molar-refractivity contribution is -0.134. The smallest absolute Gasteiger partial charge is 0.242 e. The van der Waals surface area contributed by atoms with Crippen molar-refractivity contribution in [2.45, 2.75) is 39.3 Å². The molecule has 1 heterocycles. The zero-order valence-electron chi connectivity index (χ0n) is 10.3. The lowest BCUT2D eigenvalue weighted by Gasteiger charge is -2.24. The van der Waals surface area contributed by atoms with Gasteiger partial charge in [-0.3, -0.25) is 4.79 Å². The van der Waals surface area contributed by atoms with E-state index in [1.807, 2.05) is 6.20 Å². The number of aryl methyl sites for hydroxylation is 1. The van der Waals surface area contributed by atoms with Gasteiger partial charge in [-0.2, -0.15) is 0 Å². The topological polar surface area (TPSA) is 59.2 Å². The first-order valence-corrected chi connectivity index (χ1v) is 6.14. The van der Waals surface area contributed by atoms with Crippen LogP contribution in [0.25, 0.3) is 0 Å². The van der Waals surface area contributed by atoms with Crippen molar-refractivity contribution < 1.29 is 4.79 Å². The number of aromatic nitrogens is 1. The third kappa shape index (κ3) is 3.28. The fraction of sp³-hybridized carbons (Fsp3) is 0.636. The van der Waals surface area contributed by atoms with Gasteiger partial charge in [-0.1, -0.05) is 6.92 Å². The molecule has 0 bridgehead atoms. The van der Waals surface area contributed by atoms with Gasteiger partial charge < -0.3 is 10.6 Å². The number of nitrogens with two attached hydrogens (primary N) is 1. The molecule has 1 amide bonds. The molecule has 1 aromatic rings. The molecule has 0 radical (unpaired) electrons. The molecule has 0 saturated carbocycles. The van der Waals surface area contributed by atoms with E-state index in [1.165, 1.54) is 4.88 Å². The minimum absolute atomic E-state index is 0.0688. The number of thiazole rings is 1. The second-order valence-corrected chi connectivity index (χ2v) is 5.66. The summed E-state index contributed by atoms with van der Waals surface area (Å²) in [6, 6.07) is 0. The maximum Gasteiger partial charge on any atom is 0.242 e. The maximum atomic E-state index is 11.8. The largest absolute Gasteiger partial charge is 0.337 e. The van der Waals surface area contributed by atoms with Crippen LogP contribution in [0, 0.1) is 0 Å². The Balaban J connectivity index is 2.64. The van der Waals surface area contributed by atoms with Crippen molar-refractivity contribution in [1.29, 1.82) is 0 Å². The van der Waals surface area contributed by atoms with Crippen molar-refractivity contribution in [3.05, 3.63) is 16.1 Å². The third-order valence-electron chi connectivity index (χ3n) is 2.22. The molecule has 0 aromatic carbocycles. The molecule has 4 nitrogen and oxygen atoms in total. The van der Waals surface area contributed by atoms with E-state index in [2.05, 4.69) is 11.9 Å². The summed E-state index contributed by atoms with van der Waals surface area (Å²) in [7, 11) is 1.75. The van der Waals surface area contributed by atoms with Crippen LogP contribution in [0.3, 0.4) is 0 Å². The number of hydrogen-bond acceptors (Lipinski definition) is 4. The zero-order chi connectivity index (χ0) is 12.3. The van der Waals surface area contributed by atoms with Crippen molar-refractivity contribution in [1.82, 2.24) is 9.88 Å². The summed E-state index contributed by atoms with van der Waals surface area (Å²) in [6.07, 6.45) is 2.85. The second kappa shape index (κ2) is 4.93. The number of amides is 1. The number of nitrogens with zero attached hydrogens (tertiary/aromatic N) is 2. The Bertz CT molecular complexity index is 368. The fourth-order valence-corrected chi connectivity index (χ4v) is 2.27. The predicted molar refractivity (Wildman–Crippen MR) is 66.2 cm³/mol. The number of likely N-dealkylation sites (N-methyl/N-ethyl adjacent to an activating group) is 1. The zero-order valence-corrected chi connectivity index (χ0v) is 11.1. The van der Waals surface area contributed by atoms with Crippen LogP contribution in [0.1, 0.15) is 30.7 Å². The molecule has 0 atom stereocenters. The van der Waals surface area contributed by atoms with Gasteiger partial charge in [0.25, 0.3) is 0 Å². The third-order valence-corrected chi connectivity index (χ3v) is 3.35. The van der Waals surface area contributed by atoms with Crippen LogP contribution in [0.2, 0.25) is 0 Å². The van der Waals surface area contributed by atoms with E-state index in [9.17, 15) is 4.79 Å². The fourth-order valence-electron chi connectivity index (χ4n) is 1.35. The molecule has 2 N–H and O–H groups in total. The monoisotopic (exact) mass is 241 g/mol. The van der Waals surface area contributed by atoms with Gasteiger partial charge in [0.05, 0.1) is 12.1 Å². The summed E-state index contributed by atoms with van der Waals surface area (Å²) in [5, 5.41) is 0.956. The standard InChI is InChI=1S/C11H19N3OS/c1-5-8-6-13-9(16-8)7-14(4)10(15)11(2,3)12/h6H,5,7,12H2,1-4H3. The van der Waals surface area contributed by atoms with Gasteiger partial charge in [-0.25, -0.2) is 4.98 Å². The average molecular weight is 241 g/mol. The molecule has 0 unspecified atom stereocenters. The van der Waals surface area contributed by atoms with Crippen LogP contribution >= 0.6 is 11.3 Å². The minimum Gasteiger partial charge on any atom is -0.337 e. The molecule has 1 rings (SSSR count). The quantitative estimate of drug-likeness (QED) is 0.867. The highest BCUT2D eigenvalue weighted by molar-refractivity contribution is 7.11. The number of rotatable bonds is 4. The first-order chi connectivity index (χ1) is 7.34. The molecule has 0 saturated heterocycles. The lowest BCUT2D eigenvalue weighted by atomic mass is 10.1. The molecule has 1 aromatic heterocycles. The van der Waals surface area contributed by atoms with Gasteiger partial charge in [0, 0.05) is 18.1 Å². The van der Waals surface area contributed by atoms with Crippen LogP contribution in [0.15, 0.2) is 6.20 Å². The molecule has 90 valence electrons. The van der Waals surface area contributed by atoms with Gasteiger partial charge >= 0.3 is 0 Å². The predicted octanol–water partition coefficient (Wildman–Crippen LogP) is 1.40. The molecule has 0 spiro atoms. The van der Waals surface area contributed by atoms with E-state index < -0.39 is 5.54 Å². The summed E-state index contributed by atoms with van der Waals surface area (Å²) in [5.74, 6) is -0.0688. The first-order valence-electron chi connectivity index (χ1n) is 5.32. The Morgan fingerprint density at radius 1 is 1.62 bits per heavy atom. The lowest BCUT2D eigenvalue weighted by Crippen LogP contribution is -2.49. The van der Waals surface area contributed by atoms with E-state index >= 15 is 0 Å². The minimum atomic E-state index is -0.820. The van der Waals surface area contributed by atoms with E-state index in [4.69, 9.17) is 5.73 Å². The van der Waals surface area contributed by atoms with Gasteiger partial charge in [0.15, 0.2) is 0 Å². The summed E-state index contributed by atoms with van der Waals surface area (Å²) >= 11 is 1.64. The van der Waals surface area contributed by atoms with Crippen LogP contribution in [-0.2, 0) is 17.8 Å². The molecule has 0 aliphatic carbocycles. The van der Waals surface area contributed by atoms with Crippen LogP contribution in [0.4, 0.5) is 0 Å². The average Bonchev–Trinajstić information content (AvgIpc) is 2.63. The van der Waals surface area contributed by atoms with E-state index in [1.54, 1.807) is 37.1 Å². The SMILES string of the molecule is CCc1cnc(CN(C)C(=O)C(C)(C)N)s1. The Hall–Kier alpha value is -0.940. The number of carbonyl (C=O) groups excluding carboxylic acids is 1. The molecule has 0 aliphatic rings. The van der Waals surface area contributed by atoms with Crippen LogP contribution < -0.4 is 5.73 Å². The Morgan fingerprint density at radius 3 is 2.69 bits per heavy atom. The molecule has 5 heteroatoms. The Kier molecular flexibility index (Phi) is 4.04. The van der Waals surface area contributed by atoms with E-state index in [0.29, 0.717) is 6.54 Å². The Morgan fingerprint density at radius 2 is 2.25 bits per heavy atom. The van der Waals surface area contributed by atoms with Gasteiger partial charge in [-0.05, 0) is 20.3 Å². The number of hydrogen-bond donors (Lipinski definition) is 1. The van der Waals surface area contributed by atoms with Crippen molar-refractivity contribution >= 4 is 17.2 Å². The summed E-state index contributed by atoms with van der Waals surface area (Å²) in [5.41, 5.74) is 4.94. The normalized spacial score (nSPS) is 11.6. The van der Waals surface area contributed by atoms with Crippen molar-refractivity contribution in [2.75, 3.05) is 7.05 Å². The molecule has 0 aliphatic heterocycles. The highest BCUT2D eigenvalue weighted by Gasteiger charge is 2.25. The van der Waals surface area contributed by atoms with Gasteiger partial charge in [0.2, 0.25) is 5.91 Å². The first kappa shape index (κ1) is 13.1. The summed E-state index contributed by atoms with van der Waals surface area (Å²) in [6.45, 7) is 6.05. The molecule has 16 heavy (non-hydrogen) atoms. The van der Waals surface area contributed by atoms with Crippen LogP contribution in [-0.4, -0.2) is 28.4 Å². The van der Waals surface area contributed by atoms with Crippen molar-refractivity contribution in [3.63, 3.8) is 0 Å². The molecular formula is C11H19N3OS. The molecular weight excluding hydrogens is 222 g/mol. The second-order valence-electron chi connectivity index (χ2n) is 4.46. The van der Waals surface area contributed by atoms with Crippen molar-refractivity contribution in [2.24, 2.45) is 5.73 Å². The maximum absolute atomic E-state index is 11.8. The molecule has 0 fully saturated rings. The van der Waals surface area contributed by atoms with Gasteiger partial charge in [-0.15, -0.1) is 11.3 Å². The van der Waals surface area contributed by atoms with Crippen LogP contribution in [0.5, 0.6) is 0 Å². The van der Waals surface area contributed by atoms with E-state index in [0.717, 1.165) is 11.4 Å². The highest BCUT2D eigenvalue weighted by Crippen LogP contribution is 2.15. The summed E-state index contributed by atoms with van der Waals surface area (Å²) < 4.78 is 0. The Labute approximate surface area is 100 Å². The summed E-state index contributed by atoms with van der Waals surface area (Å²) in [4.78, 5) is 19.0.